The maximum atomic E-state index is 5.44. The summed E-state index contributed by atoms with van der Waals surface area (Å²) in [5, 5.41) is 11.6. The van der Waals surface area contributed by atoms with Crippen molar-refractivity contribution in [3.05, 3.63) is 22.2 Å². The van der Waals surface area contributed by atoms with E-state index >= 15 is 0 Å². The molecule has 102 valence electrons. The van der Waals surface area contributed by atoms with Crippen molar-refractivity contribution in [2.24, 2.45) is 0 Å². The van der Waals surface area contributed by atoms with E-state index in [9.17, 15) is 0 Å². The van der Waals surface area contributed by atoms with E-state index < -0.39 is 0 Å². The van der Waals surface area contributed by atoms with Crippen molar-refractivity contribution in [2.45, 2.75) is 19.9 Å². The normalized spacial score (nSPS) is 18.6. The highest BCUT2D eigenvalue weighted by Gasteiger charge is 2.23. The number of nitrogens with one attached hydrogen (secondary N) is 1. The number of aromatic nitrogens is 2. The molecular formula is C13H18N4OS. The summed E-state index contributed by atoms with van der Waals surface area (Å²) in [6.07, 6.45) is 0. The average Bonchev–Trinajstić information content (AvgIpc) is 3.07. The fourth-order valence-corrected chi connectivity index (χ4v) is 3.16. The van der Waals surface area contributed by atoms with Crippen LogP contribution in [0.3, 0.4) is 0 Å². The molecule has 2 aromatic rings. The first kappa shape index (κ1) is 12.8. The Hall–Kier alpha value is -1.24. The zero-order valence-corrected chi connectivity index (χ0v) is 12.0. The molecule has 0 radical (unpaired) electrons. The highest BCUT2D eigenvalue weighted by Crippen LogP contribution is 2.26. The van der Waals surface area contributed by atoms with Crippen molar-refractivity contribution < 1.29 is 4.52 Å². The van der Waals surface area contributed by atoms with Gasteiger partial charge in [0.1, 0.15) is 0 Å². The lowest BCUT2D eigenvalue weighted by Gasteiger charge is -2.30. The molecular weight excluding hydrogens is 260 g/mol. The van der Waals surface area contributed by atoms with E-state index in [2.05, 4.69) is 45.0 Å². The van der Waals surface area contributed by atoms with Gasteiger partial charge in [0.05, 0.1) is 6.04 Å². The summed E-state index contributed by atoms with van der Waals surface area (Å²) >= 11 is 1.67. The van der Waals surface area contributed by atoms with Gasteiger partial charge in [0.25, 0.3) is 0 Å². The van der Waals surface area contributed by atoms with E-state index in [0.717, 1.165) is 31.7 Å². The van der Waals surface area contributed by atoms with Crippen molar-refractivity contribution in [1.82, 2.24) is 20.4 Å². The molecule has 0 amide bonds. The summed E-state index contributed by atoms with van der Waals surface area (Å²) in [6.45, 7) is 8.29. The monoisotopic (exact) mass is 278 g/mol. The number of hydrogen-bond donors (Lipinski definition) is 1. The Morgan fingerprint density at radius 3 is 2.84 bits per heavy atom. The first-order valence-electron chi connectivity index (χ1n) is 6.57. The molecule has 6 heteroatoms. The topological polar surface area (TPSA) is 54.2 Å². The third kappa shape index (κ3) is 2.56. The molecule has 1 aliphatic rings. The maximum Gasteiger partial charge on any atom is 0.244 e. The Balaban J connectivity index is 1.79. The number of piperazine rings is 1. The summed E-state index contributed by atoms with van der Waals surface area (Å²) < 4.78 is 5.44. The van der Waals surface area contributed by atoms with E-state index in [1.807, 2.05) is 0 Å². The molecule has 0 aromatic carbocycles. The Morgan fingerprint density at radius 1 is 1.37 bits per heavy atom. The summed E-state index contributed by atoms with van der Waals surface area (Å²) in [5.41, 5.74) is 2.28. The maximum absolute atomic E-state index is 5.44. The van der Waals surface area contributed by atoms with Crippen LogP contribution < -0.4 is 5.32 Å². The number of aryl methyl sites for hydroxylation is 1. The van der Waals surface area contributed by atoms with Crippen LogP contribution in [-0.4, -0.2) is 41.2 Å². The van der Waals surface area contributed by atoms with Crippen LogP contribution in [0.2, 0.25) is 0 Å². The Labute approximate surface area is 116 Å². The van der Waals surface area contributed by atoms with E-state index in [4.69, 9.17) is 4.52 Å². The lowest BCUT2D eigenvalue weighted by Crippen LogP contribution is -2.44. The van der Waals surface area contributed by atoms with Crippen LogP contribution in [-0.2, 0) is 0 Å². The molecule has 1 N–H and O–H groups in total. The summed E-state index contributed by atoms with van der Waals surface area (Å²) in [6, 6.07) is 0.183. The highest BCUT2D eigenvalue weighted by atomic mass is 32.1. The van der Waals surface area contributed by atoms with Crippen molar-refractivity contribution in [3.8, 4) is 11.4 Å². The molecule has 0 spiro atoms. The SMILES string of the molecule is Cc1cscc1-c1noc(C(C)N2CCNCC2)n1. The van der Waals surface area contributed by atoms with Crippen LogP contribution in [0.1, 0.15) is 24.4 Å². The minimum atomic E-state index is 0.183. The summed E-state index contributed by atoms with van der Waals surface area (Å²) in [4.78, 5) is 6.92. The van der Waals surface area contributed by atoms with Crippen molar-refractivity contribution in [3.63, 3.8) is 0 Å². The van der Waals surface area contributed by atoms with E-state index in [1.165, 1.54) is 5.56 Å². The second-order valence-corrected chi connectivity index (χ2v) is 5.63. The quantitative estimate of drug-likeness (QED) is 0.931. The van der Waals surface area contributed by atoms with Gasteiger partial charge >= 0.3 is 0 Å². The smallest absolute Gasteiger partial charge is 0.244 e. The van der Waals surface area contributed by atoms with Gasteiger partial charge in [0.2, 0.25) is 11.7 Å². The van der Waals surface area contributed by atoms with Gasteiger partial charge in [0.15, 0.2) is 0 Å². The van der Waals surface area contributed by atoms with Gasteiger partial charge in [0, 0.05) is 37.1 Å². The Kier molecular flexibility index (Phi) is 3.63. The molecule has 0 aliphatic carbocycles. The van der Waals surface area contributed by atoms with Gasteiger partial charge in [-0.3, -0.25) is 4.90 Å². The number of hydrogen-bond acceptors (Lipinski definition) is 6. The van der Waals surface area contributed by atoms with Gasteiger partial charge in [-0.15, -0.1) is 0 Å². The summed E-state index contributed by atoms with van der Waals surface area (Å²) in [7, 11) is 0. The molecule has 5 nitrogen and oxygen atoms in total. The predicted molar refractivity (Wildman–Crippen MR) is 75.2 cm³/mol. The molecule has 1 aliphatic heterocycles. The second kappa shape index (κ2) is 5.40. The minimum absolute atomic E-state index is 0.183. The van der Waals surface area contributed by atoms with Gasteiger partial charge in [-0.05, 0) is 24.8 Å². The van der Waals surface area contributed by atoms with Crippen LogP contribution in [0.15, 0.2) is 15.3 Å². The fraction of sp³-hybridized carbons (Fsp3) is 0.538. The standard InChI is InChI=1S/C13H18N4OS/c1-9-7-19-8-11(9)12-15-13(18-16-12)10(2)17-5-3-14-4-6-17/h7-8,10,14H,3-6H2,1-2H3. The van der Waals surface area contributed by atoms with Crippen LogP contribution >= 0.6 is 11.3 Å². The van der Waals surface area contributed by atoms with Crippen molar-refractivity contribution >= 4 is 11.3 Å². The first-order chi connectivity index (χ1) is 9.25. The van der Waals surface area contributed by atoms with Gasteiger partial charge < -0.3 is 9.84 Å². The van der Waals surface area contributed by atoms with Gasteiger partial charge in [-0.1, -0.05) is 5.16 Å². The van der Waals surface area contributed by atoms with Crippen LogP contribution in [0.25, 0.3) is 11.4 Å². The molecule has 0 saturated carbocycles. The molecule has 2 aromatic heterocycles. The van der Waals surface area contributed by atoms with E-state index in [1.54, 1.807) is 11.3 Å². The van der Waals surface area contributed by atoms with Gasteiger partial charge in [-0.2, -0.15) is 16.3 Å². The molecule has 3 rings (SSSR count). The molecule has 1 fully saturated rings. The zero-order valence-electron chi connectivity index (χ0n) is 11.2. The Morgan fingerprint density at radius 2 is 2.16 bits per heavy atom. The number of nitrogens with zero attached hydrogens (tertiary/aromatic N) is 3. The van der Waals surface area contributed by atoms with Crippen LogP contribution in [0.4, 0.5) is 0 Å². The third-order valence-corrected chi connectivity index (χ3v) is 4.46. The molecule has 19 heavy (non-hydrogen) atoms. The second-order valence-electron chi connectivity index (χ2n) is 4.89. The number of thiophene rings is 1. The average molecular weight is 278 g/mol. The van der Waals surface area contributed by atoms with E-state index in [-0.39, 0.29) is 6.04 Å². The van der Waals surface area contributed by atoms with Crippen molar-refractivity contribution in [1.29, 1.82) is 0 Å². The molecule has 3 heterocycles. The Bertz CT molecular complexity index is 544. The molecule has 1 unspecified atom stereocenters. The molecule has 1 saturated heterocycles. The highest BCUT2D eigenvalue weighted by molar-refractivity contribution is 7.08. The predicted octanol–water partition coefficient (Wildman–Crippen LogP) is 2.07. The molecule has 1 atom stereocenters. The van der Waals surface area contributed by atoms with E-state index in [0.29, 0.717) is 11.7 Å². The van der Waals surface area contributed by atoms with Crippen LogP contribution in [0, 0.1) is 6.92 Å². The third-order valence-electron chi connectivity index (χ3n) is 3.59. The van der Waals surface area contributed by atoms with Crippen LogP contribution in [0.5, 0.6) is 0 Å². The minimum Gasteiger partial charge on any atom is -0.337 e. The summed E-state index contributed by atoms with van der Waals surface area (Å²) in [5.74, 6) is 1.42. The first-order valence-corrected chi connectivity index (χ1v) is 7.51. The lowest BCUT2D eigenvalue weighted by molar-refractivity contribution is 0.154. The lowest BCUT2D eigenvalue weighted by atomic mass is 10.2. The number of rotatable bonds is 3. The zero-order chi connectivity index (χ0) is 13.2. The van der Waals surface area contributed by atoms with Crippen molar-refractivity contribution in [2.75, 3.05) is 26.2 Å². The van der Waals surface area contributed by atoms with Gasteiger partial charge in [-0.25, -0.2) is 0 Å². The fourth-order valence-electron chi connectivity index (χ4n) is 2.33. The largest absolute Gasteiger partial charge is 0.337 e. The molecule has 0 bridgehead atoms.